The van der Waals surface area contributed by atoms with Gasteiger partial charge in [-0.25, -0.2) is 0 Å². The summed E-state index contributed by atoms with van der Waals surface area (Å²) < 4.78 is 5.57. The molecule has 1 heterocycles. The molecule has 2 aliphatic rings. The Hall–Kier alpha value is -2.56. The molecule has 2 aromatic carbocycles. The molecule has 2 aromatic rings. The number of anilines is 1. The van der Waals surface area contributed by atoms with Crippen molar-refractivity contribution in [2.75, 3.05) is 11.5 Å². The summed E-state index contributed by atoms with van der Waals surface area (Å²) in [6.07, 6.45) is 2.90. The highest BCUT2D eigenvalue weighted by atomic mass is 35.5. The molecule has 0 saturated heterocycles. The van der Waals surface area contributed by atoms with Crippen LogP contribution in [0.1, 0.15) is 44.6 Å². The monoisotopic (exact) mass is 469 g/mol. The molecule has 0 bridgehead atoms. The minimum atomic E-state index is -0.302. The molecule has 6 heteroatoms. The third-order valence-corrected chi connectivity index (χ3v) is 6.77. The van der Waals surface area contributed by atoms with Gasteiger partial charge in [-0.05, 0) is 41.7 Å². The van der Waals surface area contributed by atoms with Crippen LogP contribution in [0.2, 0.25) is 10.0 Å². The highest BCUT2D eigenvalue weighted by Crippen LogP contribution is 2.49. The second kappa shape index (κ2) is 8.76. The fraction of sp³-hybridized carbons (Fsp3) is 0.308. The summed E-state index contributed by atoms with van der Waals surface area (Å²) in [4.78, 5) is 28.5. The summed E-state index contributed by atoms with van der Waals surface area (Å²) in [7, 11) is 0. The van der Waals surface area contributed by atoms with E-state index in [1.165, 1.54) is 0 Å². The van der Waals surface area contributed by atoms with E-state index in [1.54, 1.807) is 29.2 Å². The summed E-state index contributed by atoms with van der Waals surface area (Å²) in [6.45, 7) is 8.17. The van der Waals surface area contributed by atoms with Crippen LogP contribution in [-0.2, 0) is 9.59 Å². The smallest absolute Gasteiger partial charge is 0.232 e. The number of nitrogens with zero attached hydrogens (tertiary/aromatic N) is 1. The normalized spacial score (nSPS) is 20.2. The molecule has 4 nitrogen and oxygen atoms in total. The molecule has 1 aliphatic heterocycles. The van der Waals surface area contributed by atoms with Crippen molar-refractivity contribution in [1.29, 1.82) is 0 Å². The number of carbonyl (C=O) groups excluding carboxylic acids is 2. The Morgan fingerprint density at radius 2 is 1.84 bits per heavy atom. The molecule has 0 radical (unpaired) electrons. The van der Waals surface area contributed by atoms with Crippen LogP contribution in [0, 0.1) is 5.41 Å². The number of ketones is 1. The zero-order valence-corrected chi connectivity index (χ0v) is 19.7. The number of benzene rings is 2. The van der Waals surface area contributed by atoms with Crippen LogP contribution in [0.15, 0.2) is 66.4 Å². The quantitative estimate of drug-likeness (QED) is 0.456. The lowest BCUT2D eigenvalue weighted by Gasteiger charge is -2.43. The first-order valence-corrected chi connectivity index (χ1v) is 11.3. The van der Waals surface area contributed by atoms with Gasteiger partial charge in [-0.15, -0.1) is 0 Å². The van der Waals surface area contributed by atoms with Crippen molar-refractivity contribution in [2.45, 2.75) is 39.0 Å². The van der Waals surface area contributed by atoms with Gasteiger partial charge in [0.05, 0.1) is 15.7 Å². The average Bonchev–Trinajstić information content (AvgIpc) is 2.73. The molecule has 0 spiro atoms. The van der Waals surface area contributed by atoms with Gasteiger partial charge in [0.15, 0.2) is 5.78 Å². The maximum Gasteiger partial charge on any atom is 0.232 e. The van der Waals surface area contributed by atoms with E-state index in [9.17, 15) is 9.59 Å². The third kappa shape index (κ3) is 4.22. The van der Waals surface area contributed by atoms with Crippen LogP contribution in [-0.4, -0.2) is 18.3 Å². The molecule has 166 valence electrons. The fourth-order valence-electron chi connectivity index (χ4n) is 4.60. The second-order valence-electron chi connectivity index (χ2n) is 9.03. The zero-order chi connectivity index (χ0) is 23.0. The molecule has 1 unspecified atom stereocenters. The number of halogens is 2. The van der Waals surface area contributed by atoms with Crippen molar-refractivity contribution >= 4 is 40.6 Å². The average molecular weight is 470 g/mol. The van der Waals surface area contributed by atoms with E-state index >= 15 is 0 Å². The van der Waals surface area contributed by atoms with Gasteiger partial charge in [0, 0.05) is 30.0 Å². The fourth-order valence-corrected chi connectivity index (χ4v) is 4.98. The molecule has 0 saturated carbocycles. The van der Waals surface area contributed by atoms with Crippen molar-refractivity contribution in [3.8, 4) is 5.75 Å². The first-order valence-electron chi connectivity index (χ1n) is 10.6. The molecule has 0 N–H and O–H groups in total. The predicted molar refractivity (Wildman–Crippen MR) is 128 cm³/mol. The van der Waals surface area contributed by atoms with E-state index in [1.807, 2.05) is 38.1 Å². The maximum atomic E-state index is 13.5. The Balaban J connectivity index is 1.83. The first-order chi connectivity index (χ1) is 15.2. The van der Waals surface area contributed by atoms with Crippen molar-refractivity contribution < 1.29 is 14.3 Å². The van der Waals surface area contributed by atoms with Gasteiger partial charge in [0.25, 0.3) is 0 Å². The van der Waals surface area contributed by atoms with Crippen molar-refractivity contribution in [3.63, 3.8) is 0 Å². The summed E-state index contributed by atoms with van der Waals surface area (Å²) in [5, 5.41) is 0.685. The molecule has 0 aromatic heterocycles. The third-order valence-electron chi connectivity index (χ3n) is 5.97. The number of hydrogen-bond donors (Lipinski definition) is 0. The van der Waals surface area contributed by atoms with Crippen molar-refractivity contribution in [1.82, 2.24) is 0 Å². The van der Waals surface area contributed by atoms with Gasteiger partial charge >= 0.3 is 0 Å². The Kier molecular flexibility index (Phi) is 6.19. The number of allylic oxidation sites excluding steroid dienone is 2. The van der Waals surface area contributed by atoms with Gasteiger partial charge in [-0.1, -0.05) is 67.9 Å². The van der Waals surface area contributed by atoms with Crippen LogP contribution >= 0.6 is 23.2 Å². The van der Waals surface area contributed by atoms with Gasteiger partial charge in [-0.2, -0.15) is 0 Å². The molecule has 4 rings (SSSR count). The SMILES string of the molecule is C=CCOc1ccc(C2CC(=O)N(c3cccc(Cl)c3Cl)C3=C2C(=O)CC(C)(C)C3)cc1. The topological polar surface area (TPSA) is 46.6 Å². The van der Waals surface area contributed by atoms with Crippen LogP contribution in [0.4, 0.5) is 5.69 Å². The van der Waals surface area contributed by atoms with Crippen LogP contribution in [0.3, 0.4) is 0 Å². The highest BCUT2D eigenvalue weighted by molar-refractivity contribution is 6.44. The van der Waals surface area contributed by atoms with Gasteiger partial charge in [0.1, 0.15) is 12.4 Å². The van der Waals surface area contributed by atoms with Gasteiger partial charge < -0.3 is 4.74 Å². The minimum Gasteiger partial charge on any atom is -0.490 e. The number of carbonyl (C=O) groups is 2. The van der Waals surface area contributed by atoms with E-state index < -0.39 is 0 Å². The first kappa shape index (κ1) is 22.6. The molecule has 32 heavy (non-hydrogen) atoms. The Bertz CT molecular complexity index is 1120. The van der Waals surface area contributed by atoms with E-state index in [-0.39, 0.29) is 29.4 Å². The number of Topliss-reactive ketones (excluding diaryl/α,β-unsaturated/α-hetero) is 1. The van der Waals surface area contributed by atoms with E-state index in [0.717, 1.165) is 11.3 Å². The summed E-state index contributed by atoms with van der Waals surface area (Å²) in [5.41, 5.74) is 2.60. The Morgan fingerprint density at radius 3 is 2.53 bits per heavy atom. The number of ether oxygens (including phenoxy) is 1. The lowest BCUT2D eigenvalue weighted by Crippen LogP contribution is -2.43. The molecule has 0 fully saturated rings. The number of hydrogen-bond acceptors (Lipinski definition) is 3. The van der Waals surface area contributed by atoms with Gasteiger partial charge in [0.2, 0.25) is 5.91 Å². The van der Waals surface area contributed by atoms with Crippen molar-refractivity contribution in [3.05, 3.63) is 82.0 Å². The van der Waals surface area contributed by atoms with Crippen LogP contribution in [0.25, 0.3) is 0 Å². The second-order valence-corrected chi connectivity index (χ2v) is 9.81. The predicted octanol–water partition coefficient (Wildman–Crippen LogP) is 6.72. The Labute approximate surface area is 198 Å². The maximum absolute atomic E-state index is 13.5. The highest BCUT2D eigenvalue weighted by Gasteiger charge is 2.44. The molecule has 1 atom stereocenters. The number of rotatable bonds is 5. The van der Waals surface area contributed by atoms with E-state index in [2.05, 4.69) is 6.58 Å². The minimum absolute atomic E-state index is 0.0730. The largest absolute Gasteiger partial charge is 0.490 e. The van der Waals surface area contributed by atoms with E-state index in [4.69, 9.17) is 27.9 Å². The summed E-state index contributed by atoms with van der Waals surface area (Å²) in [5.74, 6) is 0.386. The van der Waals surface area contributed by atoms with Crippen LogP contribution < -0.4 is 9.64 Å². The zero-order valence-electron chi connectivity index (χ0n) is 18.2. The molecule has 1 amide bonds. The molecular formula is C26H25Cl2NO3. The van der Waals surface area contributed by atoms with E-state index in [0.29, 0.717) is 46.5 Å². The van der Waals surface area contributed by atoms with Crippen LogP contribution in [0.5, 0.6) is 5.75 Å². The van der Waals surface area contributed by atoms with Crippen molar-refractivity contribution in [2.24, 2.45) is 5.41 Å². The Morgan fingerprint density at radius 1 is 1.12 bits per heavy atom. The summed E-state index contributed by atoms with van der Waals surface area (Å²) in [6, 6.07) is 12.8. The van der Waals surface area contributed by atoms with Gasteiger partial charge in [-0.3, -0.25) is 14.5 Å². The standard InChI is InChI=1S/C26H25Cl2NO3/c1-4-12-32-17-10-8-16(9-11-17)18-13-23(31)29(20-7-5-6-19(27)25(20)28)21-14-26(2,3)15-22(30)24(18)21/h4-11,18H,1,12-15H2,2-3H3. The number of amides is 1. The summed E-state index contributed by atoms with van der Waals surface area (Å²) >= 11 is 12.7. The lowest BCUT2D eigenvalue weighted by atomic mass is 9.69. The molecular weight excluding hydrogens is 445 g/mol. The lowest BCUT2D eigenvalue weighted by molar-refractivity contribution is -0.121. The molecule has 1 aliphatic carbocycles.